The van der Waals surface area contributed by atoms with Crippen LogP contribution in [0.5, 0.6) is 5.75 Å². The number of methoxy groups -OCH3 is 1. The average molecular weight is 418 g/mol. The normalized spacial score (nSPS) is 10.2. The van der Waals surface area contributed by atoms with E-state index >= 15 is 0 Å². The molecule has 0 aliphatic heterocycles. The summed E-state index contributed by atoms with van der Waals surface area (Å²) in [7, 11) is 1.34. The van der Waals surface area contributed by atoms with E-state index < -0.39 is 5.97 Å². The molecule has 6 heteroatoms. The molecule has 0 saturated carbocycles. The lowest BCUT2D eigenvalue weighted by atomic mass is 10.1. The van der Waals surface area contributed by atoms with Gasteiger partial charge in [-0.2, -0.15) is 0 Å². The van der Waals surface area contributed by atoms with Crippen LogP contribution in [0.4, 0.5) is 11.4 Å². The lowest BCUT2D eigenvalue weighted by Crippen LogP contribution is -2.22. The molecule has 3 aromatic carbocycles. The Balaban J connectivity index is 1.47. The average Bonchev–Trinajstić information content (AvgIpc) is 2.82. The maximum atomic E-state index is 12.4. The molecule has 2 N–H and O–H groups in total. The predicted molar refractivity (Wildman–Crippen MR) is 122 cm³/mol. The molecule has 0 aliphatic carbocycles. The van der Waals surface area contributed by atoms with Gasteiger partial charge in [0, 0.05) is 5.69 Å². The Bertz CT molecular complexity index is 988. The molecule has 160 valence electrons. The summed E-state index contributed by atoms with van der Waals surface area (Å²) in [6, 6.07) is 24.4. The van der Waals surface area contributed by atoms with Crippen molar-refractivity contribution in [2.45, 2.75) is 12.8 Å². The van der Waals surface area contributed by atoms with Gasteiger partial charge in [0.2, 0.25) is 5.91 Å². The van der Waals surface area contributed by atoms with Gasteiger partial charge in [0.1, 0.15) is 5.75 Å². The second-order valence-electron chi connectivity index (χ2n) is 6.90. The number of benzene rings is 3. The minimum absolute atomic E-state index is 0.0832. The summed E-state index contributed by atoms with van der Waals surface area (Å²) in [5, 5.41) is 5.91. The van der Waals surface area contributed by atoms with Crippen LogP contribution in [0.25, 0.3) is 0 Å². The van der Waals surface area contributed by atoms with Crippen LogP contribution in [0.3, 0.4) is 0 Å². The molecule has 0 atom stereocenters. The number of nitrogens with one attached hydrogen (secondary N) is 2. The molecular weight excluding hydrogens is 392 g/mol. The van der Waals surface area contributed by atoms with Crippen molar-refractivity contribution < 1.29 is 19.1 Å². The lowest BCUT2D eigenvalue weighted by molar-refractivity contribution is -0.114. The minimum Gasteiger partial charge on any atom is -0.491 e. The molecule has 1 amide bonds. The second-order valence-corrected chi connectivity index (χ2v) is 6.90. The van der Waals surface area contributed by atoms with Crippen molar-refractivity contribution in [3.63, 3.8) is 0 Å². The largest absolute Gasteiger partial charge is 0.491 e. The standard InChI is InChI=1S/C25H26N2O4/c1-30-25(29)20-13-15-21(16-14-20)26-18-24(28)27-22-11-5-6-12-23(22)31-17-7-10-19-8-3-2-4-9-19/h2-6,8-9,11-16,26H,7,10,17-18H2,1H3,(H,27,28). The van der Waals surface area contributed by atoms with Crippen molar-refractivity contribution in [1.29, 1.82) is 0 Å². The summed E-state index contributed by atoms with van der Waals surface area (Å²) >= 11 is 0. The maximum absolute atomic E-state index is 12.4. The highest BCUT2D eigenvalue weighted by Gasteiger charge is 2.09. The second kappa shape index (κ2) is 11.4. The van der Waals surface area contributed by atoms with E-state index in [-0.39, 0.29) is 12.5 Å². The summed E-state index contributed by atoms with van der Waals surface area (Å²) < 4.78 is 10.6. The first-order valence-corrected chi connectivity index (χ1v) is 10.1. The minimum atomic E-state index is -0.398. The van der Waals surface area contributed by atoms with Gasteiger partial charge in [0.05, 0.1) is 31.5 Å². The van der Waals surface area contributed by atoms with Crippen LogP contribution in [0.1, 0.15) is 22.3 Å². The number of para-hydroxylation sites is 2. The number of esters is 1. The Morgan fingerprint density at radius 2 is 1.58 bits per heavy atom. The van der Waals surface area contributed by atoms with Gasteiger partial charge in [-0.05, 0) is 54.8 Å². The Kier molecular flexibility index (Phi) is 8.05. The van der Waals surface area contributed by atoms with E-state index in [0.717, 1.165) is 18.5 Å². The SMILES string of the molecule is COC(=O)c1ccc(NCC(=O)Nc2ccccc2OCCCc2ccccc2)cc1. The Morgan fingerprint density at radius 1 is 0.871 bits per heavy atom. The highest BCUT2D eigenvalue weighted by molar-refractivity contribution is 5.95. The van der Waals surface area contributed by atoms with E-state index in [1.165, 1.54) is 12.7 Å². The van der Waals surface area contributed by atoms with Gasteiger partial charge in [0.15, 0.2) is 0 Å². The molecule has 0 heterocycles. The van der Waals surface area contributed by atoms with E-state index in [0.29, 0.717) is 23.6 Å². The third kappa shape index (κ3) is 6.89. The van der Waals surface area contributed by atoms with Crippen LogP contribution >= 0.6 is 0 Å². The molecule has 3 rings (SSSR count). The molecular formula is C25H26N2O4. The first kappa shape index (κ1) is 21.9. The summed E-state index contributed by atoms with van der Waals surface area (Å²) in [4.78, 5) is 23.8. The highest BCUT2D eigenvalue weighted by Crippen LogP contribution is 2.24. The molecule has 0 unspecified atom stereocenters. The zero-order valence-electron chi connectivity index (χ0n) is 17.5. The van der Waals surface area contributed by atoms with Gasteiger partial charge in [-0.25, -0.2) is 4.79 Å². The molecule has 6 nitrogen and oxygen atoms in total. The van der Waals surface area contributed by atoms with E-state index in [2.05, 4.69) is 27.5 Å². The van der Waals surface area contributed by atoms with Gasteiger partial charge in [-0.15, -0.1) is 0 Å². The van der Waals surface area contributed by atoms with Gasteiger partial charge in [-0.1, -0.05) is 42.5 Å². The molecule has 0 saturated heterocycles. The van der Waals surface area contributed by atoms with Crippen molar-refractivity contribution >= 4 is 23.3 Å². The smallest absolute Gasteiger partial charge is 0.337 e. The van der Waals surface area contributed by atoms with Crippen molar-refractivity contribution in [2.24, 2.45) is 0 Å². The van der Waals surface area contributed by atoms with Gasteiger partial charge >= 0.3 is 5.97 Å². The Morgan fingerprint density at radius 3 is 2.32 bits per heavy atom. The summed E-state index contributed by atoms with van der Waals surface area (Å²) in [5.41, 5.74) is 3.09. The van der Waals surface area contributed by atoms with Crippen molar-refractivity contribution in [3.8, 4) is 5.75 Å². The number of ether oxygens (including phenoxy) is 2. The molecule has 0 aromatic heterocycles. The molecule has 0 radical (unpaired) electrons. The number of hydrogen-bond donors (Lipinski definition) is 2. The number of amides is 1. The maximum Gasteiger partial charge on any atom is 0.337 e. The molecule has 0 aliphatic rings. The fourth-order valence-corrected chi connectivity index (χ4v) is 3.02. The number of rotatable bonds is 10. The zero-order chi connectivity index (χ0) is 21.9. The summed E-state index contributed by atoms with van der Waals surface area (Å²) in [6.45, 7) is 0.645. The van der Waals surface area contributed by atoms with Crippen LogP contribution < -0.4 is 15.4 Å². The van der Waals surface area contributed by atoms with Crippen LogP contribution in [0.2, 0.25) is 0 Å². The number of carbonyl (C=O) groups excluding carboxylic acids is 2. The third-order valence-electron chi connectivity index (χ3n) is 4.63. The molecule has 0 bridgehead atoms. The van der Waals surface area contributed by atoms with Gasteiger partial charge < -0.3 is 20.1 Å². The monoisotopic (exact) mass is 418 g/mol. The molecule has 3 aromatic rings. The topological polar surface area (TPSA) is 76.7 Å². The fraction of sp³-hybridized carbons (Fsp3) is 0.200. The first-order valence-electron chi connectivity index (χ1n) is 10.1. The first-order chi connectivity index (χ1) is 15.2. The number of anilines is 2. The number of carbonyl (C=O) groups is 2. The fourth-order valence-electron chi connectivity index (χ4n) is 3.02. The van der Waals surface area contributed by atoms with E-state index in [1.54, 1.807) is 24.3 Å². The summed E-state index contributed by atoms with van der Waals surface area (Å²) in [5.74, 6) is 0.0494. The highest BCUT2D eigenvalue weighted by atomic mass is 16.5. The molecule has 0 spiro atoms. The molecule has 0 fully saturated rings. The van der Waals surface area contributed by atoms with E-state index in [4.69, 9.17) is 4.74 Å². The number of aryl methyl sites for hydroxylation is 1. The van der Waals surface area contributed by atoms with Crippen LogP contribution in [-0.2, 0) is 16.0 Å². The zero-order valence-corrected chi connectivity index (χ0v) is 17.5. The van der Waals surface area contributed by atoms with E-state index in [9.17, 15) is 9.59 Å². The third-order valence-corrected chi connectivity index (χ3v) is 4.63. The predicted octanol–water partition coefficient (Wildman–Crippen LogP) is 4.54. The number of hydrogen-bond acceptors (Lipinski definition) is 5. The van der Waals surface area contributed by atoms with Crippen LogP contribution in [0.15, 0.2) is 78.9 Å². The van der Waals surface area contributed by atoms with Crippen LogP contribution in [0, 0.1) is 0 Å². The van der Waals surface area contributed by atoms with Crippen LogP contribution in [-0.4, -0.2) is 32.1 Å². The van der Waals surface area contributed by atoms with Crippen molar-refractivity contribution in [3.05, 3.63) is 90.0 Å². The quantitative estimate of drug-likeness (QED) is 0.374. The Hall–Kier alpha value is -3.80. The lowest BCUT2D eigenvalue weighted by Gasteiger charge is -2.13. The van der Waals surface area contributed by atoms with E-state index in [1.807, 2.05) is 42.5 Å². The van der Waals surface area contributed by atoms with Crippen molar-refractivity contribution in [1.82, 2.24) is 0 Å². The molecule has 31 heavy (non-hydrogen) atoms. The Labute approximate surface area is 182 Å². The van der Waals surface area contributed by atoms with Gasteiger partial charge in [0.25, 0.3) is 0 Å². The summed E-state index contributed by atoms with van der Waals surface area (Å²) in [6.07, 6.45) is 1.82. The van der Waals surface area contributed by atoms with Crippen molar-refractivity contribution in [2.75, 3.05) is 30.9 Å². The van der Waals surface area contributed by atoms with Gasteiger partial charge in [-0.3, -0.25) is 4.79 Å².